The van der Waals surface area contributed by atoms with Gasteiger partial charge in [0.05, 0.1) is 25.7 Å². The van der Waals surface area contributed by atoms with Crippen LogP contribution in [0.5, 0.6) is 5.75 Å². The number of rotatable bonds is 9. The molecule has 0 atom stereocenters. The Morgan fingerprint density at radius 3 is 2.67 bits per heavy atom. The van der Waals surface area contributed by atoms with Gasteiger partial charge in [0.25, 0.3) is 0 Å². The molecule has 0 radical (unpaired) electrons. The lowest BCUT2D eigenvalue weighted by Gasteiger charge is -2.08. The molecule has 0 aliphatic heterocycles. The second-order valence-electron chi connectivity index (χ2n) is 6.97. The summed E-state index contributed by atoms with van der Waals surface area (Å²) in [5.41, 5.74) is 3.25. The molecule has 9 nitrogen and oxygen atoms in total. The Morgan fingerprint density at radius 1 is 1.18 bits per heavy atom. The second-order valence-corrected chi connectivity index (χ2v) is 8.93. The molecular weight excluding hydrogens is 460 g/mol. The van der Waals surface area contributed by atoms with Crippen molar-refractivity contribution in [1.29, 1.82) is 0 Å². The molecule has 172 valence electrons. The molecule has 1 aromatic carbocycles. The lowest BCUT2D eigenvalue weighted by molar-refractivity contribution is 0.0531. The van der Waals surface area contributed by atoms with Crippen LogP contribution in [0.4, 0.5) is 11.1 Å². The lowest BCUT2D eigenvalue weighted by atomic mass is 10.2. The van der Waals surface area contributed by atoms with Gasteiger partial charge in [-0.25, -0.2) is 19.7 Å². The Bertz CT molecular complexity index is 1270. The van der Waals surface area contributed by atoms with Crippen LogP contribution in [0.3, 0.4) is 0 Å². The second kappa shape index (κ2) is 10.2. The molecule has 0 amide bonds. The fraction of sp³-hybridized carbons (Fsp3) is 0.318. The van der Waals surface area contributed by atoms with Crippen LogP contribution in [0.2, 0.25) is 0 Å². The number of esters is 1. The van der Waals surface area contributed by atoms with Gasteiger partial charge in [-0.2, -0.15) is 4.98 Å². The van der Waals surface area contributed by atoms with E-state index in [9.17, 15) is 4.79 Å². The van der Waals surface area contributed by atoms with E-state index in [2.05, 4.69) is 20.3 Å². The normalized spacial score (nSPS) is 11.0. The van der Waals surface area contributed by atoms with Gasteiger partial charge in [0.2, 0.25) is 5.95 Å². The fourth-order valence-corrected chi connectivity index (χ4v) is 4.89. The van der Waals surface area contributed by atoms with Crippen molar-refractivity contribution in [3.05, 3.63) is 46.7 Å². The number of thioether (sulfide) groups is 1. The Hall–Kier alpha value is -3.18. The molecule has 0 aliphatic carbocycles. The number of nitrogens with zero attached hydrogens (tertiary/aromatic N) is 5. The topological polar surface area (TPSA) is 104 Å². The highest BCUT2D eigenvalue weighted by Crippen LogP contribution is 2.31. The number of aryl methyl sites for hydroxylation is 2. The van der Waals surface area contributed by atoms with Gasteiger partial charge in [-0.15, -0.1) is 0 Å². The van der Waals surface area contributed by atoms with Gasteiger partial charge in [-0.3, -0.25) is 5.32 Å². The van der Waals surface area contributed by atoms with Crippen molar-refractivity contribution in [3.8, 4) is 5.75 Å². The number of hydrogen-bond donors (Lipinski definition) is 1. The number of carbonyl (C=O) groups is 1. The van der Waals surface area contributed by atoms with Crippen molar-refractivity contribution in [3.63, 3.8) is 0 Å². The molecule has 0 spiro atoms. The number of ether oxygens (including phenoxy) is 2. The van der Waals surface area contributed by atoms with E-state index in [1.165, 1.54) is 11.3 Å². The SMILES string of the molecule is CCOC(=O)c1sc(Nc2nc(SCc3ccc(OC)cc3)c3ncn(CC)c3n2)nc1C. The molecule has 1 N–H and O–H groups in total. The van der Waals surface area contributed by atoms with Gasteiger partial charge in [-0.1, -0.05) is 35.2 Å². The summed E-state index contributed by atoms with van der Waals surface area (Å²) in [6.45, 7) is 6.64. The number of hydrogen-bond acceptors (Lipinski definition) is 10. The first-order valence-electron chi connectivity index (χ1n) is 10.4. The third-order valence-electron chi connectivity index (χ3n) is 4.78. The lowest BCUT2D eigenvalue weighted by Crippen LogP contribution is -2.03. The van der Waals surface area contributed by atoms with Crippen molar-refractivity contribution in [1.82, 2.24) is 24.5 Å². The zero-order valence-corrected chi connectivity index (χ0v) is 20.4. The monoisotopic (exact) mass is 484 g/mol. The van der Waals surface area contributed by atoms with Gasteiger partial charge in [0.15, 0.2) is 10.8 Å². The van der Waals surface area contributed by atoms with Crippen molar-refractivity contribution < 1.29 is 14.3 Å². The molecule has 0 saturated carbocycles. The van der Waals surface area contributed by atoms with Gasteiger partial charge >= 0.3 is 5.97 Å². The molecule has 0 saturated heterocycles. The summed E-state index contributed by atoms with van der Waals surface area (Å²) in [5.74, 6) is 1.57. The summed E-state index contributed by atoms with van der Waals surface area (Å²) in [6, 6.07) is 7.94. The van der Waals surface area contributed by atoms with E-state index in [0.717, 1.165) is 39.8 Å². The van der Waals surface area contributed by atoms with Crippen LogP contribution >= 0.6 is 23.1 Å². The predicted octanol–water partition coefficient (Wildman–Crippen LogP) is 4.83. The van der Waals surface area contributed by atoms with E-state index in [0.29, 0.717) is 28.3 Å². The highest BCUT2D eigenvalue weighted by Gasteiger charge is 2.19. The van der Waals surface area contributed by atoms with Crippen molar-refractivity contribution in [2.45, 2.75) is 38.1 Å². The zero-order chi connectivity index (χ0) is 23.4. The number of fused-ring (bicyclic) bond motifs is 1. The minimum absolute atomic E-state index is 0.314. The summed E-state index contributed by atoms with van der Waals surface area (Å²) >= 11 is 2.81. The van der Waals surface area contributed by atoms with Crippen LogP contribution in [0, 0.1) is 6.92 Å². The molecule has 0 fully saturated rings. The number of benzene rings is 1. The van der Waals surface area contributed by atoms with Gasteiger partial charge in [0.1, 0.15) is 21.2 Å². The largest absolute Gasteiger partial charge is 0.497 e. The number of imidazole rings is 1. The van der Waals surface area contributed by atoms with Crippen LogP contribution in [-0.2, 0) is 17.0 Å². The van der Waals surface area contributed by atoms with Crippen molar-refractivity contribution >= 4 is 51.3 Å². The van der Waals surface area contributed by atoms with Crippen LogP contribution in [0.25, 0.3) is 11.2 Å². The first kappa shape index (κ1) is 23.0. The first-order valence-corrected chi connectivity index (χ1v) is 12.2. The summed E-state index contributed by atoms with van der Waals surface area (Å²) < 4.78 is 12.3. The van der Waals surface area contributed by atoms with Crippen molar-refractivity contribution in [2.75, 3.05) is 19.0 Å². The van der Waals surface area contributed by atoms with Gasteiger partial charge < -0.3 is 14.0 Å². The summed E-state index contributed by atoms with van der Waals surface area (Å²) in [7, 11) is 1.65. The molecule has 0 aliphatic rings. The van der Waals surface area contributed by atoms with Gasteiger partial charge in [-0.05, 0) is 38.5 Å². The molecule has 0 unspecified atom stereocenters. The molecule has 4 aromatic rings. The van der Waals surface area contributed by atoms with Crippen LogP contribution in [0.1, 0.15) is 34.8 Å². The summed E-state index contributed by atoms with van der Waals surface area (Å²) in [4.78, 5) is 30.9. The molecule has 3 heterocycles. The Morgan fingerprint density at radius 2 is 1.97 bits per heavy atom. The minimum atomic E-state index is -0.378. The summed E-state index contributed by atoms with van der Waals surface area (Å²) in [5, 5.41) is 4.45. The molecule has 4 rings (SSSR count). The highest BCUT2D eigenvalue weighted by atomic mass is 32.2. The Labute approximate surface area is 199 Å². The van der Waals surface area contributed by atoms with E-state index in [-0.39, 0.29) is 5.97 Å². The molecule has 0 bridgehead atoms. The number of anilines is 2. The first-order chi connectivity index (χ1) is 16.0. The third-order valence-corrected chi connectivity index (χ3v) is 6.87. The Kier molecular flexibility index (Phi) is 7.09. The Balaban J connectivity index is 1.62. The smallest absolute Gasteiger partial charge is 0.350 e. The molecule has 33 heavy (non-hydrogen) atoms. The van der Waals surface area contributed by atoms with Crippen LogP contribution < -0.4 is 10.1 Å². The van der Waals surface area contributed by atoms with Crippen molar-refractivity contribution in [2.24, 2.45) is 0 Å². The number of methoxy groups -OCH3 is 1. The molecule has 3 aromatic heterocycles. The van der Waals surface area contributed by atoms with Crippen LogP contribution in [0.15, 0.2) is 35.6 Å². The van der Waals surface area contributed by atoms with E-state index >= 15 is 0 Å². The quantitative estimate of drug-likeness (QED) is 0.203. The standard InChI is InChI=1S/C22H24N6O3S2/c1-5-28-12-23-16-18(28)25-21(27-22-24-13(3)17(33-22)20(29)31-6-2)26-19(16)32-11-14-7-9-15(30-4)10-8-14/h7-10,12H,5-6,11H2,1-4H3,(H,24,25,26,27). The number of aromatic nitrogens is 5. The maximum absolute atomic E-state index is 12.1. The highest BCUT2D eigenvalue weighted by molar-refractivity contribution is 7.98. The maximum Gasteiger partial charge on any atom is 0.350 e. The van der Waals surface area contributed by atoms with E-state index in [4.69, 9.17) is 14.5 Å². The van der Waals surface area contributed by atoms with E-state index < -0.39 is 0 Å². The maximum atomic E-state index is 12.1. The number of carbonyl (C=O) groups excluding carboxylic acids is 1. The minimum Gasteiger partial charge on any atom is -0.497 e. The zero-order valence-electron chi connectivity index (χ0n) is 18.8. The molecular formula is C22H24N6O3S2. The number of thiazole rings is 1. The van der Waals surface area contributed by atoms with Crippen LogP contribution in [-0.4, -0.2) is 44.2 Å². The molecule has 11 heteroatoms. The average molecular weight is 485 g/mol. The predicted molar refractivity (Wildman–Crippen MR) is 130 cm³/mol. The third kappa shape index (κ3) is 5.09. The summed E-state index contributed by atoms with van der Waals surface area (Å²) in [6.07, 6.45) is 1.77. The average Bonchev–Trinajstić information content (AvgIpc) is 3.40. The fourth-order valence-electron chi connectivity index (χ4n) is 3.11. The number of nitrogens with one attached hydrogen (secondary N) is 1. The van der Waals surface area contributed by atoms with E-state index in [1.54, 1.807) is 39.0 Å². The van der Waals surface area contributed by atoms with E-state index in [1.807, 2.05) is 35.8 Å². The van der Waals surface area contributed by atoms with Gasteiger partial charge in [0, 0.05) is 12.3 Å².